The molecule has 0 radical (unpaired) electrons. The molecule has 2 rings (SSSR count). The van der Waals surface area contributed by atoms with E-state index in [2.05, 4.69) is 20.6 Å². The Hall–Kier alpha value is -2.24. The summed E-state index contributed by atoms with van der Waals surface area (Å²) < 4.78 is 0. The van der Waals surface area contributed by atoms with Crippen LogP contribution in [0.15, 0.2) is 18.2 Å². The van der Waals surface area contributed by atoms with E-state index in [9.17, 15) is 4.79 Å². The zero-order valence-corrected chi connectivity index (χ0v) is 8.06. The lowest BCUT2D eigenvalue weighted by molar-refractivity contribution is 0.1000. The van der Waals surface area contributed by atoms with E-state index < -0.39 is 5.91 Å². The SMILES string of the molecule is Cc1ccc(-c2nnn[nH]2)cc1C(N)=O. The number of aromatic nitrogens is 4. The highest BCUT2D eigenvalue weighted by Gasteiger charge is 2.08. The van der Waals surface area contributed by atoms with E-state index in [1.807, 2.05) is 13.0 Å². The summed E-state index contributed by atoms with van der Waals surface area (Å²) in [5, 5.41) is 13.3. The van der Waals surface area contributed by atoms with Crippen molar-refractivity contribution in [2.45, 2.75) is 6.92 Å². The van der Waals surface area contributed by atoms with Crippen molar-refractivity contribution in [1.29, 1.82) is 0 Å². The summed E-state index contributed by atoms with van der Waals surface area (Å²) in [6.07, 6.45) is 0. The third kappa shape index (κ3) is 1.69. The van der Waals surface area contributed by atoms with Gasteiger partial charge in [0.05, 0.1) is 0 Å². The number of carbonyl (C=O) groups excluding carboxylic acids is 1. The first-order valence-electron chi connectivity index (χ1n) is 4.33. The lowest BCUT2D eigenvalue weighted by atomic mass is 10.0. The maximum atomic E-state index is 11.1. The first kappa shape index (κ1) is 9.32. The number of benzene rings is 1. The Kier molecular flexibility index (Phi) is 2.17. The van der Waals surface area contributed by atoms with Crippen molar-refractivity contribution in [3.63, 3.8) is 0 Å². The number of aryl methyl sites for hydroxylation is 1. The van der Waals surface area contributed by atoms with Crippen molar-refractivity contribution in [3.8, 4) is 11.4 Å². The molecule has 0 aliphatic carbocycles. The molecule has 0 saturated heterocycles. The molecule has 1 aromatic carbocycles. The van der Waals surface area contributed by atoms with E-state index in [0.717, 1.165) is 11.1 Å². The summed E-state index contributed by atoms with van der Waals surface area (Å²) in [6.45, 7) is 1.82. The monoisotopic (exact) mass is 203 g/mol. The summed E-state index contributed by atoms with van der Waals surface area (Å²) in [7, 11) is 0. The molecule has 0 bridgehead atoms. The van der Waals surface area contributed by atoms with Crippen LogP contribution >= 0.6 is 0 Å². The van der Waals surface area contributed by atoms with Gasteiger partial charge in [-0.2, -0.15) is 0 Å². The quantitative estimate of drug-likeness (QED) is 0.732. The largest absolute Gasteiger partial charge is 0.366 e. The highest BCUT2D eigenvalue weighted by atomic mass is 16.1. The van der Waals surface area contributed by atoms with Crippen LogP contribution in [-0.2, 0) is 0 Å². The van der Waals surface area contributed by atoms with Crippen molar-refractivity contribution < 1.29 is 4.79 Å². The zero-order valence-electron chi connectivity index (χ0n) is 8.06. The number of aromatic amines is 1. The molecule has 76 valence electrons. The second-order valence-electron chi connectivity index (χ2n) is 3.14. The van der Waals surface area contributed by atoms with Crippen molar-refractivity contribution >= 4 is 5.91 Å². The van der Waals surface area contributed by atoms with Gasteiger partial charge in [-0.25, -0.2) is 5.10 Å². The van der Waals surface area contributed by atoms with Gasteiger partial charge in [-0.1, -0.05) is 12.1 Å². The Bertz CT molecular complexity index is 491. The molecular formula is C9H9N5O. The second kappa shape index (κ2) is 3.49. The number of hydrogen-bond acceptors (Lipinski definition) is 4. The van der Waals surface area contributed by atoms with Gasteiger partial charge >= 0.3 is 0 Å². The fourth-order valence-corrected chi connectivity index (χ4v) is 1.32. The highest BCUT2D eigenvalue weighted by Crippen LogP contribution is 2.17. The van der Waals surface area contributed by atoms with Gasteiger partial charge in [0, 0.05) is 11.1 Å². The third-order valence-corrected chi connectivity index (χ3v) is 2.12. The molecular weight excluding hydrogens is 194 g/mol. The van der Waals surface area contributed by atoms with E-state index >= 15 is 0 Å². The molecule has 0 spiro atoms. The van der Waals surface area contributed by atoms with Gasteiger partial charge in [0.15, 0.2) is 5.82 Å². The normalized spacial score (nSPS) is 10.2. The number of nitrogens with zero attached hydrogens (tertiary/aromatic N) is 3. The number of carbonyl (C=O) groups is 1. The summed E-state index contributed by atoms with van der Waals surface area (Å²) in [6, 6.07) is 5.29. The fraction of sp³-hybridized carbons (Fsp3) is 0.111. The van der Waals surface area contributed by atoms with Crippen LogP contribution in [0.25, 0.3) is 11.4 Å². The molecule has 1 heterocycles. The molecule has 0 saturated carbocycles. The highest BCUT2D eigenvalue weighted by molar-refractivity contribution is 5.95. The summed E-state index contributed by atoms with van der Waals surface area (Å²) >= 11 is 0. The van der Waals surface area contributed by atoms with Crippen LogP contribution in [-0.4, -0.2) is 26.5 Å². The van der Waals surface area contributed by atoms with Crippen molar-refractivity contribution in [1.82, 2.24) is 20.6 Å². The van der Waals surface area contributed by atoms with E-state index in [1.165, 1.54) is 0 Å². The number of nitrogens with two attached hydrogens (primary N) is 1. The Morgan fingerprint density at radius 2 is 2.27 bits per heavy atom. The average molecular weight is 203 g/mol. The van der Waals surface area contributed by atoms with Crippen LogP contribution < -0.4 is 5.73 Å². The first-order chi connectivity index (χ1) is 7.18. The molecule has 0 aliphatic rings. The Morgan fingerprint density at radius 1 is 1.47 bits per heavy atom. The maximum absolute atomic E-state index is 11.1. The van der Waals surface area contributed by atoms with Crippen molar-refractivity contribution in [3.05, 3.63) is 29.3 Å². The van der Waals surface area contributed by atoms with Crippen LogP contribution in [0.3, 0.4) is 0 Å². The van der Waals surface area contributed by atoms with Crippen molar-refractivity contribution in [2.24, 2.45) is 5.73 Å². The van der Waals surface area contributed by atoms with Crippen LogP contribution in [0.5, 0.6) is 0 Å². The van der Waals surface area contributed by atoms with Gasteiger partial charge in [0.1, 0.15) is 0 Å². The smallest absolute Gasteiger partial charge is 0.248 e. The van der Waals surface area contributed by atoms with Gasteiger partial charge in [-0.05, 0) is 29.0 Å². The number of primary amides is 1. The number of rotatable bonds is 2. The Labute approximate surface area is 85.5 Å². The van der Waals surface area contributed by atoms with Crippen LogP contribution in [0.2, 0.25) is 0 Å². The lowest BCUT2D eigenvalue weighted by Gasteiger charge is -2.02. The van der Waals surface area contributed by atoms with Crippen LogP contribution in [0, 0.1) is 6.92 Å². The van der Waals surface area contributed by atoms with Gasteiger partial charge in [-0.3, -0.25) is 4.79 Å². The van der Waals surface area contributed by atoms with Gasteiger partial charge in [0.2, 0.25) is 5.91 Å². The number of tetrazole rings is 1. The number of amides is 1. The Morgan fingerprint density at radius 3 is 2.87 bits per heavy atom. The summed E-state index contributed by atoms with van der Waals surface area (Å²) in [4.78, 5) is 11.1. The van der Waals surface area contributed by atoms with Gasteiger partial charge in [-0.15, -0.1) is 5.10 Å². The van der Waals surface area contributed by atoms with Crippen LogP contribution in [0.1, 0.15) is 15.9 Å². The first-order valence-corrected chi connectivity index (χ1v) is 4.33. The Balaban J connectivity index is 2.52. The molecule has 1 amide bonds. The number of nitrogens with one attached hydrogen (secondary N) is 1. The van der Waals surface area contributed by atoms with E-state index in [0.29, 0.717) is 11.4 Å². The van der Waals surface area contributed by atoms with E-state index in [1.54, 1.807) is 12.1 Å². The predicted molar refractivity (Wildman–Crippen MR) is 52.9 cm³/mol. The number of hydrogen-bond donors (Lipinski definition) is 2. The fourth-order valence-electron chi connectivity index (χ4n) is 1.32. The lowest BCUT2D eigenvalue weighted by Crippen LogP contribution is -2.12. The minimum absolute atomic E-state index is 0.457. The van der Waals surface area contributed by atoms with Crippen LogP contribution in [0.4, 0.5) is 0 Å². The molecule has 0 atom stereocenters. The van der Waals surface area contributed by atoms with Crippen molar-refractivity contribution in [2.75, 3.05) is 0 Å². The predicted octanol–water partition coefficient (Wildman–Crippen LogP) is 0.274. The zero-order chi connectivity index (χ0) is 10.8. The molecule has 2 aromatic rings. The molecule has 1 aromatic heterocycles. The van der Waals surface area contributed by atoms with Gasteiger partial charge < -0.3 is 5.73 Å². The molecule has 6 heteroatoms. The van der Waals surface area contributed by atoms with E-state index in [4.69, 9.17) is 5.73 Å². The topological polar surface area (TPSA) is 97.6 Å². The molecule has 15 heavy (non-hydrogen) atoms. The molecule has 0 aliphatic heterocycles. The number of H-pyrrole nitrogens is 1. The van der Waals surface area contributed by atoms with Gasteiger partial charge in [0.25, 0.3) is 0 Å². The molecule has 6 nitrogen and oxygen atoms in total. The second-order valence-corrected chi connectivity index (χ2v) is 3.14. The standard InChI is InChI=1S/C9H9N5O/c1-5-2-3-6(4-7(5)8(10)15)9-11-13-14-12-9/h2-4H,1H3,(H2,10,15)(H,11,12,13,14). The summed E-state index contributed by atoms with van der Waals surface area (Å²) in [5.41, 5.74) is 7.28. The van der Waals surface area contributed by atoms with E-state index in [-0.39, 0.29) is 0 Å². The maximum Gasteiger partial charge on any atom is 0.248 e. The summed E-state index contributed by atoms with van der Waals surface area (Å²) in [5.74, 6) is 0.0549. The minimum Gasteiger partial charge on any atom is -0.366 e. The minimum atomic E-state index is -0.457. The third-order valence-electron chi connectivity index (χ3n) is 2.12. The average Bonchev–Trinajstić information content (AvgIpc) is 2.71. The molecule has 0 unspecified atom stereocenters. The molecule has 3 N–H and O–H groups in total. The molecule has 0 fully saturated rings.